The van der Waals surface area contributed by atoms with Crippen LogP contribution >= 0.6 is 0 Å². The molecule has 2 aromatic carbocycles. The van der Waals surface area contributed by atoms with Crippen LogP contribution in [0.3, 0.4) is 0 Å². The maximum atomic E-state index is 12.2. The zero-order chi connectivity index (χ0) is 17.5. The summed E-state index contributed by atoms with van der Waals surface area (Å²) in [7, 11) is 2.02. The molecule has 0 bridgehead atoms. The number of anilines is 1. The molecule has 24 heavy (non-hydrogen) atoms. The maximum Gasteiger partial charge on any atom is 0.279 e. The highest BCUT2D eigenvalue weighted by atomic mass is 16.2. The molecule has 1 amide bonds. The number of carbonyl (C=O) groups excluding carboxylic acids is 1. The van der Waals surface area contributed by atoms with Gasteiger partial charge in [0.2, 0.25) is 0 Å². The van der Waals surface area contributed by atoms with Crippen LogP contribution in [0.25, 0.3) is 0 Å². The largest absolute Gasteiger partial charge is 0.326 e. The Morgan fingerprint density at radius 1 is 1.17 bits per heavy atom. The van der Waals surface area contributed by atoms with Gasteiger partial charge in [-0.25, -0.2) is 0 Å². The molecule has 2 N–H and O–H groups in total. The summed E-state index contributed by atoms with van der Waals surface area (Å²) in [5.74, 6) is -0.00898. The smallest absolute Gasteiger partial charge is 0.279 e. The quantitative estimate of drug-likeness (QED) is 0.855. The van der Waals surface area contributed by atoms with E-state index in [-0.39, 0.29) is 5.91 Å². The number of likely N-dealkylation sites (N-methyl/N-ethyl adjacent to an activating group) is 1. The predicted octanol–water partition coefficient (Wildman–Crippen LogP) is 2.02. The fraction of sp³-hybridized carbons (Fsp3) is 0.300. The van der Waals surface area contributed by atoms with E-state index in [0.717, 1.165) is 22.7 Å². The molecule has 4 heteroatoms. The molecule has 1 atom stereocenters. The molecule has 0 saturated carbocycles. The molecule has 0 aliphatic heterocycles. The SMILES string of the molecule is Cc1ccc(C[NH+](C)CC(=O)Nc2ccc(CC#N)cc2)c(C)c1. The van der Waals surface area contributed by atoms with Gasteiger partial charge in [-0.15, -0.1) is 0 Å². The number of benzene rings is 2. The first-order valence-electron chi connectivity index (χ1n) is 8.11. The molecular weight excluding hydrogens is 298 g/mol. The number of nitriles is 1. The van der Waals surface area contributed by atoms with Gasteiger partial charge in [-0.2, -0.15) is 5.26 Å². The second kappa shape index (κ2) is 8.28. The van der Waals surface area contributed by atoms with Crippen LogP contribution in [0.15, 0.2) is 42.5 Å². The summed E-state index contributed by atoms with van der Waals surface area (Å²) in [5.41, 5.74) is 5.51. The first-order valence-corrected chi connectivity index (χ1v) is 8.11. The molecule has 2 rings (SSSR count). The number of carbonyl (C=O) groups is 1. The van der Waals surface area contributed by atoms with Crippen LogP contribution in [0.2, 0.25) is 0 Å². The molecule has 0 aromatic heterocycles. The Morgan fingerprint density at radius 2 is 1.88 bits per heavy atom. The van der Waals surface area contributed by atoms with Gasteiger partial charge in [-0.05, 0) is 37.1 Å². The third-order valence-corrected chi connectivity index (χ3v) is 3.97. The molecule has 0 aliphatic carbocycles. The van der Waals surface area contributed by atoms with E-state index in [2.05, 4.69) is 43.4 Å². The van der Waals surface area contributed by atoms with Gasteiger partial charge in [0, 0.05) is 11.3 Å². The lowest BCUT2D eigenvalue weighted by atomic mass is 10.1. The fourth-order valence-electron chi connectivity index (χ4n) is 2.71. The third-order valence-electron chi connectivity index (χ3n) is 3.97. The van der Waals surface area contributed by atoms with Crippen LogP contribution in [0.4, 0.5) is 5.69 Å². The van der Waals surface area contributed by atoms with Crippen LogP contribution in [0, 0.1) is 25.2 Å². The minimum Gasteiger partial charge on any atom is -0.326 e. The van der Waals surface area contributed by atoms with Crippen LogP contribution in [0.1, 0.15) is 22.3 Å². The predicted molar refractivity (Wildman–Crippen MR) is 95.8 cm³/mol. The summed E-state index contributed by atoms with van der Waals surface area (Å²) in [6.45, 7) is 5.43. The Morgan fingerprint density at radius 3 is 2.50 bits per heavy atom. The monoisotopic (exact) mass is 322 g/mol. The van der Waals surface area contributed by atoms with Crippen molar-refractivity contribution in [3.63, 3.8) is 0 Å². The maximum absolute atomic E-state index is 12.2. The van der Waals surface area contributed by atoms with Gasteiger partial charge in [-0.3, -0.25) is 4.79 Å². The molecule has 0 spiro atoms. The summed E-state index contributed by atoms with van der Waals surface area (Å²) in [6, 6.07) is 15.9. The van der Waals surface area contributed by atoms with Crippen LogP contribution in [-0.2, 0) is 17.8 Å². The van der Waals surface area contributed by atoms with Gasteiger partial charge in [0.25, 0.3) is 5.91 Å². The number of aryl methyl sites for hydroxylation is 2. The van der Waals surface area contributed by atoms with Crippen LogP contribution in [-0.4, -0.2) is 19.5 Å². The zero-order valence-corrected chi connectivity index (χ0v) is 14.5. The number of amides is 1. The standard InChI is InChI=1S/C20H23N3O/c1-15-4-7-18(16(2)12-15)13-23(3)14-20(24)22-19-8-5-17(6-9-19)10-11-21/h4-9,12H,10,13-14H2,1-3H3,(H,22,24)/p+1. The number of quaternary nitrogens is 1. The van der Waals surface area contributed by atoms with Crippen LogP contribution in [0.5, 0.6) is 0 Å². The Kier molecular flexibility index (Phi) is 6.11. The molecule has 2 aromatic rings. The van der Waals surface area contributed by atoms with E-state index in [1.54, 1.807) is 0 Å². The van der Waals surface area contributed by atoms with Crippen molar-refractivity contribution < 1.29 is 9.69 Å². The third kappa shape index (κ3) is 5.22. The molecule has 0 fully saturated rings. The Hall–Kier alpha value is -2.64. The number of nitrogens with zero attached hydrogens (tertiary/aromatic N) is 1. The molecule has 0 saturated heterocycles. The van der Waals surface area contributed by atoms with Gasteiger partial charge in [0.1, 0.15) is 6.54 Å². The fourth-order valence-corrected chi connectivity index (χ4v) is 2.71. The van der Waals surface area contributed by atoms with E-state index in [1.807, 2.05) is 31.3 Å². The summed E-state index contributed by atoms with van der Waals surface area (Å²) in [5, 5.41) is 11.6. The van der Waals surface area contributed by atoms with Crippen molar-refractivity contribution in [1.82, 2.24) is 0 Å². The topological polar surface area (TPSA) is 57.3 Å². The average Bonchev–Trinajstić information content (AvgIpc) is 2.52. The summed E-state index contributed by atoms with van der Waals surface area (Å²) in [6.07, 6.45) is 0.386. The molecular formula is C20H24N3O+. The summed E-state index contributed by atoms with van der Waals surface area (Å²) < 4.78 is 0. The lowest BCUT2D eigenvalue weighted by Gasteiger charge is -2.15. The van der Waals surface area contributed by atoms with Crippen molar-refractivity contribution in [2.45, 2.75) is 26.8 Å². The summed E-state index contributed by atoms with van der Waals surface area (Å²) >= 11 is 0. The minimum absolute atomic E-state index is 0.00898. The minimum atomic E-state index is -0.00898. The Bertz CT molecular complexity index is 744. The van der Waals surface area contributed by atoms with Crippen LogP contribution < -0.4 is 10.2 Å². The number of nitrogens with one attached hydrogen (secondary N) is 2. The van der Waals surface area contributed by atoms with Crippen molar-refractivity contribution in [3.05, 3.63) is 64.7 Å². The average molecular weight is 322 g/mol. The number of rotatable bonds is 6. The highest BCUT2D eigenvalue weighted by Gasteiger charge is 2.12. The number of hydrogen-bond acceptors (Lipinski definition) is 2. The van der Waals surface area contributed by atoms with Crippen molar-refractivity contribution in [2.24, 2.45) is 0 Å². The molecule has 1 unspecified atom stereocenters. The van der Waals surface area contributed by atoms with Crippen molar-refractivity contribution in [2.75, 3.05) is 18.9 Å². The van der Waals surface area contributed by atoms with Gasteiger partial charge < -0.3 is 10.2 Å². The molecule has 0 radical (unpaired) electrons. The molecule has 0 aliphatic rings. The second-order valence-corrected chi connectivity index (χ2v) is 6.32. The zero-order valence-electron chi connectivity index (χ0n) is 14.5. The Labute approximate surface area is 143 Å². The summed E-state index contributed by atoms with van der Waals surface area (Å²) in [4.78, 5) is 13.3. The van der Waals surface area contributed by atoms with E-state index in [9.17, 15) is 4.79 Å². The van der Waals surface area contributed by atoms with Gasteiger partial charge in [0.15, 0.2) is 6.54 Å². The Balaban J connectivity index is 1.88. The highest BCUT2D eigenvalue weighted by molar-refractivity contribution is 5.91. The number of hydrogen-bond donors (Lipinski definition) is 2. The van der Waals surface area contributed by atoms with Gasteiger partial charge >= 0.3 is 0 Å². The second-order valence-electron chi connectivity index (χ2n) is 6.32. The van der Waals surface area contributed by atoms with E-state index in [0.29, 0.717) is 13.0 Å². The normalized spacial score (nSPS) is 11.6. The molecule has 4 nitrogen and oxygen atoms in total. The van der Waals surface area contributed by atoms with Crippen molar-refractivity contribution >= 4 is 11.6 Å². The van der Waals surface area contributed by atoms with Crippen molar-refractivity contribution in [3.8, 4) is 6.07 Å². The van der Waals surface area contributed by atoms with Gasteiger partial charge in [0.05, 0.1) is 19.5 Å². The first-order chi connectivity index (χ1) is 11.5. The van der Waals surface area contributed by atoms with Gasteiger partial charge in [-0.1, -0.05) is 35.9 Å². The van der Waals surface area contributed by atoms with E-state index < -0.39 is 0 Å². The van der Waals surface area contributed by atoms with E-state index in [4.69, 9.17) is 5.26 Å². The van der Waals surface area contributed by atoms with E-state index in [1.165, 1.54) is 16.7 Å². The van der Waals surface area contributed by atoms with Crippen molar-refractivity contribution in [1.29, 1.82) is 5.26 Å². The van der Waals surface area contributed by atoms with E-state index >= 15 is 0 Å². The molecule has 124 valence electrons. The first kappa shape index (κ1) is 17.7. The lowest BCUT2D eigenvalue weighted by Crippen LogP contribution is -3.08. The lowest BCUT2D eigenvalue weighted by molar-refractivity contribution is -0.885. The highest BCUT2D eigenvalue weighted by Crippen LogP contribution is 2.10. The molecule has 0 heterocycles.